The molecular formula is C28H24Br2F2N4. The summed E-state index contributed by atoms with van der Waals surface area (Å²) in [7, 11) is 0. The lowest BCUT2D eigenvalue weighted by atomic mass is 10.1. The fourth-order valence-electron chi connectivity index (χ4n) is 3.82. The minimum absolute atomic E-state index is 0.324. The van der Waals surface area contributed by atoms with Crippen molar-refractivity contribution in [3.8, 4) is 11.3 Å². The van der Waals surface area contributed by atoms with Crippen LogP contribution in [0.5, 0.6) is 0 Å². The monoisotopic (exact) mass is 612 g/mol. The van der Waals surface area contributed by atoms with Crippen LogP contribution in [0.2, 0.25) is 0 Å². The average molecular weight is 614 g/mol. The Kier molecular flexibility index (Phi) is 8.48. The van der Waals surface area contributed by atoms with Crippen LogP contribution in [0.25, 0.3) is 11.3 Å². The molecule has 36 heavy (non-hydrogen) atoms. The summed E-state index contributed by atoms with van der Waals surface area (Å²) in [5, 5.41) is 0. The Bertz CT molecular complexity index is 1430. The molecule has 0 saturated carbocycles. The second-order valence-corrected chi connectivity index (χ2v) is 9.76. The third-order valence-electron chi connectivity index (χ3n) is 5.68. The molecule has 0 N–H and O–H groups in total. The van der Waals surface area contributed by atoms with Gasteiger partial charge in [0.15, 0.2) is 0 Å². The van der Waals surface area contributed by atoms with Crippen LogP contribution < -0.4 is 0 Å². The van der Waals surface area contributed by atoms with Crippen LogP contribution in [0.3, 0.4) is 0 Å². The fraction of sp³-hybridized carbons (Fsp3) is 0.143. The first-order valence-corrected chi connectivity index (χ1v) is 12.9. The predicted molar refractivity (Wildman–Crippen MR) is 146 cm³/mol. The maximum atomic E-state index is 14.1. The first kappa shape index (κ1) is 26.0. The first-order valence-electron chi connectivity index (χ1n) is 11.3. The molecule has 5 rings (SSSR count). The van der Waals surface area contributed by atoms with Gasteiger partial charge in [0.25, 0.3) is 0 Å². The van der Waals surface area contributed by atoms with Gasteiger partial charge in [-0.25, -0.2) is 18.7 Å². The number of benzene rings is 3. The number of nitrogens with zero attached hydrogens (tertiary/aromatic N) is 4. The molecule has 0 atom stereocenters. The van der Waals surface area contributed by atoms with Crippen molar-refractivity contribution in [3.63, 3.8) is 0 Å². The van der Waals surface area contributed by atoms with Crippen LogP contribution in [0.1, 0.15) is 22.8 Å². The third kappa shape index (κ3) is 6.17. The van der Waals surface area contributed by atoms with Gasteiger partial charge in [-0.1, -0.05) is 60.7 Å². The maximum absolute atomic E-state index is 14.1. The van der Waals surface area contributed by atoms with Gasteiger partial charge >= 0.3 is 0 Å². The van der Waals surface area contributed by atoms with Gasteiger partial charge in [0.1, 0.15) is 32.5 Å². The largest absolute Gasteiger partial charge is 0.323 e. The summed E-state index contributed by atoms with van der Waals surface area (Å²) in [6.45, 7) is 5.30. The average Bonchev–Trinajstić information content (AvgIpc) is 3.33. The van der Waals surface area contributed by atoms with E-state index >= 15 is 0 Å². The van der Waals surface area contributed by atoms with E-state index in [1.165, 1.54) is 17.7 Å². The molecule has 5 aromatic rings. The maximum Gasteiger partial charge on any atom is 0.135 e. The van der Waals surface area contributed by atoms with Crippen molar-refractivity contribution in [1.82, 2.24) is 19.1 Å². The minimum Gasteiger partial charge on any atom is -0.323 e. The quantitative estimate of drug-likeness (QED) is 0.202. The Morgan fingerprint density at radius 1 is 0.750 bits per heavy atom. The molecule has 2 heterocycles. The van der Waals surface area contributed by atoms with Crippen LogP contribution >= 0.6 is 31.9 Å². The van der Waals surface area contributed by atoms with Crippen LogP contribution in [-0.2, 0) is 13.1 Å². The molecular weight excluding hydrogens is 590 g/mol. The summed E-state index contributed by atoms with van der Waals surface area (Å²) in [5.41, 5.74) is 3.30. The number of hydrogen-bond acceptors (Lipinski definition) is 2. The van der Waals surface area contributed by atoms with Crippen molar-refractivity contribution >= 4 is 31.9 Å². The number of hydrogen-bond donors (Lipinski definition) is 0. The second kappa shape index (κ2) is 11.8. The summed E-state index contributed by atoms with van der Waals surface area (Å²) >= 11 is 6.85. The second-order valence-electron chi connectivity index (χ2n) is 8.19. The summed E-state index contributed by atoms with van der Waals surface area (Å²) < 4.78 is 32.9. The van der Waals surface area contributed by atoms with Crippen LogP contribution in [0, 0.1) is 25.5 Å². The highest BCUT2D eigenvalue weighted by Gasteiger charge is 2.18. The molecule has 0 saturated heterocycles. The SMILES string of the molecule is Cc1nc(Br)c(-c2ccc(F)cc2F)n1Cc1ccccc1.Cc1ncc(Br)n1Cc1ccccc1. The van der Waals surface area contributed by atoms with Crippen LogP contribution in [0.15, 0.2) is 94.3 Å². The van der Waals surface area contributed by atoms with Gasteiger partial charge in [-0.15, -0.1) is 0 Å². The number of halogens is 4. The molecule has 0 aliphatic carbocycles. The predicted octanol–water partition coefficient (Wildman–Crippen LogP) is 7.95. The summed E-state index contributed by atoms with van der Waals surface area (Å²) in [6.07, 6.45) is 1.83. The van der Waals surface area contributed by atoms with Crippen molar-refractivity contribution in [1.29, 1.82) is 0 Å². The molecule has 0 unspecified atom stereocenters. The van der Waals surface area contributed by atoms with E-state index in [1.54, 1.807) is 0 Å². The van der Waals surface area contributed by atoms with Gasteiger partial charge in [0.05, 0.1) is 11.9 Å². The van der Waals surface area contributed by atoms with E-state index in [0.29, 0.717) is 22.4 Å². The lowest BCUT2D eigenvalue weighted by Gasteiger charge is -2.12. The van der Waals surface area contributed by atoms with E-state index in [0.717, 1.165) is 34.4 Å². The molecule has 0 amide bonds. The minimum atomic E-state index is -0.602. The van der Waals surface area contributed by atoms with E-state index in [2.05, 4.69) is 70.7 Å². The molecule has 8 heteroatoms. The van der Waals surface area contributed by atoms with Crippen molar-refractivity contribution in [2.24, 2.45) is 0 Å². The van der Waals surface area contributed by atoms with E-state index < -0.39 is 11.6 Å². The summed E-state index contributed by atoms with van der Waals surface area (Å²) in [4.78, 5) is 8.59. The topological polar surface area (TPSA) is 35.6 Å². The fourth-order valence-corrected chi connectivity index (χ4v) is 4.99. The molecule has 0 fully saturated rings. The van der Waals surface area contributed by atoms with E-state index in [-0.39, 0.29) is 0 Å². The molecule has 184 valence electrons. The van der Waals surface area contributed by atoms with Gasteiger partial charge in [-0.3, -0.25) is 0 Å². The van der Waals surface area contributed by atoms with E-state index in [4.69, 9.17) is 0 Å². The first-order chi connectivity index (χ1) is 17.3. The Labute approximate surface area is 225 Å². The number of aromatic nitrogens is 4. The Morgan fingerprint density at radius 2 is 1.33 bits per heavy atom. The zero-order valence-corrected chi connectivity index (χ0v) is 23.0. The third-order valence-corrected chi connectivity index (χ3v) is 6.86. The lowest BCUT2D eigenvalue weighted by Crippen LogP contribution is -2.05. The molecule has 0 bridgehead atoms. The Balaban J connectivity index is 0.000000187. The van der Waals surface area contributed by atoms with Gasteiger partial charge in [0, 0.05) is 24.7 Å². The molecule has 2 aromatic heterocycles. The molecule has 0 aliphatic rings. The molecule has 4 nitrogen and oxygen atoms in total. The molecule has 3 aromatic carbocycles. The van der Waals surface area contributed by atoms with Crippen molar-refractivity contribution in [2.75, 3.05) is 0 Å². The van der Waals surface area contributed by atoms with Crippen molar-refractivity contribution < 1.29 is 8.78 Å². The van der Waals surface area contributed by atoms with Crippen molar-refractivity contribution in [3.05, 3.63) is 129 Å². The molecule has 0 radical (unpaired) electrons. The molecule has 0 spiro atoms. The zero-order valence-electron chi connectivity index (χ0n) is 19.8. The van der Waals surface area contributed by atoms with Crippen molar-refractivity contribution in [2.45, 2.75) is 26.9 Å². The summed E-state index contributed by atoms with van der Waals surface area (Å²) in [5.74, 6) is 0.591. The standard InChI is InChI=1S/C17H13BrF2N2.C11H11BrN2/c1-11-21-17(18)16(14-8-7-13(19)9-15(14)20)22(11)10-12-5-3-2-4-6-12;1-9-13-7-11(12)14(9)8-10-5-3-2-4-6-10/h2-9H,10H2,1H3;2-7H,8H2,1H3. The highest BCUT2D eigenvalue weighted by Crippen LogP contribution is 2.32. The molecule has 0 aliphatic heterocycles. The van der Waals surface area contributed by atoms with Crippen LogP contribution in [0.4, 0.5) is 8.78 Å². The van der Waals surface area contributed by atoms with Gasteiger partial charge < -0.3 is 9.13 Å². The van der Waals surface area contributed by atoms with E-state index in [9.17, 15) is 8.78 Å². The van der Waals surface area contributed by atoms with Gasteiger partial charge in [0.2, 0.25) is 0 Å². The number of imidazole rings is 2. The lowest BCUT2D eigenvalue weighted by molar-refractivity contribution is 0.584. The van der Waals surface area contributed by atoms with Crippen LogP contribution in [-0.4, -0.2) is 19.1 Å². The van der Waals surface area contributed by atoms with E-state index in [1.807, 2.05) is 61.0 Å². The summed E-state index contributed by atoms with van der Waals surface area (Å²) in [6, 6.07) is 23.8. The Morgan fingerprint density at radius 3 is 1.86 bits per heavy atom. The number of rotatable bonds is 5. The zero-order chi connectivity index (χ0) is 25.7. The number of aryl methyl sites for hydroxylation is 2. The van der Waals surface area contributed by atoms with Gasteiger partial charge in [-0.2, -0.15) is 0 Å². The smallest absolute Gasteiger partial charge is 0.135 e. The normalized spacial score (nSPS) is 10.7. The van der Waals surface area contributed by atoms with Gasteiger partial charge in [-0.05, 0) is 69.0 Å². The highest BCUT2D eigenvalue weighted by molar-refractivity contribution is 9.10. The Hall–Kier alpha value is -3.10. The highest BCUT2D eigenvalue weighted by atomic mass is 79.9.